The molecule has 1 atom stereocenters. The van der Waals surface area contributed by atoms with E-state index in [1.54, 1.807) is 11.8 Å². The molecule has 0 spiro atoms. The standard InChI is InChI=1S/C13H17N3O2S2.ClH/c17-12(10-1-6-19-7-10)15-2-4-16(5-3-15)13(18)11-8-20-9-14-11;/h1,6-7,11,14H,2-5,8-9H2;1H. The Balaban J connectivity index is 0.00000161. The van der Waals surface area contributed by atoms with Gasteiger partial charge in [-0.2, -0.15) is 11.3 Å². The van der Waals surface area contributed by atoms with Crippen LogP contribution in [-0.4, -0.2) is 65.5 Å². The summed E-state index contributed by atoms with van der Waals surface area (Å²) in [5, 5.41) is 6.99. The molecule has 2 saturated heterocycles. The maximum absolute atomic E-state index is 12.3. The minimum absolute atomic E-state index is 0. The Kier molecular flexibility index (Phi) is 5.92. The lowest BCUT2D eigenvalue weighted by Crippen LogP contribution is -2.54. The molecule has 2 fully saturated rings. The third-order valence-electron chi connectivity index (χ3n) is 3.66. The Morgan fingerprint density at radius 3 is 2.48 bits per heavy atom. The first kappa shape index (κ1) is 16.6. The molecule has 0 aromatic carbocycles. The molecule has 116 valence electrons. The molecule has 0 radical (unpaired) electrons. The molecule has 1 N–H and O–H groups in total. The van der Waals surface area contributed by atoms with Gasteiger partial charge >= 0.3 is 0 Å². The van der Waals surface area contributed by atoms with E-state index in [4.69, 9.17) is 0 Å². The molecule has 8 heteroatoms. The third kappa shape index (κ3) is 3.71. The van der Waals surface area contributed by atoms with Gasteiger partial charge in [0.2, 0.25) is 5.91 Å². The fourth-order valence-corrected chi connectivity index (χ4v) is 4.04. The lowest BCUT2D eigenvalue weighted by Gasteiger charge is -2.35. The molecule has 2 amide bonds. The van der Waals surface area contributed by atoms with Crippen molar-refractivity contribution in [2.45, 2.75) is 6.04 Å². The number of hydrogen-bond donors (Lipinski definition) is 1. The van der Waals surface area contributed by atoms with Gasteiger partial charge in [-0.05, 0) is 11.4 Å². The van der Waals surface area contributed by atoms with Gasteiger partial charge in [0.25, 0.3) is 5.91 Å². The molecule has 0 bridgehead atoms. The quantitative estimate of drug-likeness (QED) is 0.871. The van der Waals surface area contributed by atoms with Gasteiger partial charge in [0.05, 0.1) is 11.6 Å². The number of thioether (sulfide) groups is 1. The van der Waals surface area contributed by atoms with Crippen molar-refractivity contribution in [2.24, 2.45) is 0 Å². The van der Waals surface area contributed by atoms with E-state index >= 15 is 0 Å². The Hall–Kier alpha value is -0.760. The van der Waals surface area contributed by atoms with Gasteiger partial charge in [-0.3, -0.25) is 14.9 Å². The van der Waals surface area contributed by atoms with E-state index in [-0.39, 0.29) is 30.3 Å². The number of nitrogens with one attached hydrogen (secondary N) is 1. The maximum Gasteiger partial charge on any atom is 0.254 e. The Labute approximate surface area is 138 Å². The van der Waals surface area contributed by atoms with Crippen LogP contribution < -0.4 is 5.32 Å². The van der Waals surface area contributed by atoms with Crippen LogP contribution in [-0.2, 0) is 4.79 Å². The molecule has 1 aromatic rings. The zero-order valence-corrected chi connectivity index (χ0v) is 13.9. The van der Waals surface area contributed by atoms with Crippen LogP contribution in [0, 0.1) is 0 Å². The highest BCUT2D eigenvalue weighted by atomic mass is 35.5. The van der Waals surface area contributed by atoms with Crippen LogP contribution in [0.25, 0.3) is 0 Å². The smallest absolute Gasteiger partial charge is 0.254 e. The molecule has 1 unspecified atom stereocenters. The summed E-state index contributed by atoms with van der Waals surface area (Å²) in [6, 6.07) is 1.81. The summed E-state index contributed by atoms with van der Waals surface area (Å²) in [5.74, 6) is 1.96. The summed E-state index contributed by atoms with van der Waals surface area (Å²) in [4.78, 5) is 28.2. The van der Waals surface area contributed by atoms with Crippen molar-refractivity contribution in [3.05, 3.63) is 22.4 Å². The first-order chi connectivity index (χ1) is 9.75. The summed E-state index contributed by atoms with van der Waals surface area (Å²) < 4.78 is 0. The largest absolute Gasteiger partial charge is 0.338 e. The van der Waals surface area contributed by atoms with Crippen molar-refractivity contribution in [1.82, 2.24) is 15.1 Å². The van der Waals surface area contributed by atoms with Crippen molar-refractivity contribution in [3.63, 3.8) is 0 Å². The van der Waals surface area contributed by atoms with Crippen molar-refractivity contribution < 1.29 is 9.59 Å². The van der Waals surface area contributed by atoms with Crippen molar-refractivity contribution >= 4 is 47.3 Å². The van der Waals surface area contributed by atoms with Crippen LogP contribution in [0.3, 0.4) is 0 Å². The summed E-state index contributed by atoms with van der Waals surface area (Å²) in [6.45, 7) is 2.52. The van der Waals surface area contributed by atoms with E-state index < -0.39 is 0 Å². The number of thiophene rings is 1. The van der Waals surface area contributed by atoms with Crippen molar-refractivity contribution in [1.29, 1.82) is 0 Å². The Morgan fingerprint density at radius 2 is 1.90 bits per heavy atom. The lowest BCUT2D eigenvalue weighted by molar-refractivity contribution is -0.134. The second kappa shape index (κ2) is 7.49. The lowest BCUT2D eigenvalue weighted by atomic mass is 10.2. The molecule has 21 heavy (non-hydrogen) atoms. The van der Waals surface area contributed by atoms with Gasteiger partial charge in [-0.25, -0.2) is 0 Å². The Morgan fingerprint density at radius 1 is 1.19 bits per heavy atom. The highest BCUT2D eigenvalue weighted by molar-refractivity contribution is 7.99. The number of rotatable bonds is 2. The highest BCUT2D eigenvalue weighted by Gasteiger charge is 2.30. The molecule has 0 saturated carbocycles. The number of nitrogens with zero attached hydrogens (tertiary/aromatic N) is 2. The van der Waals surface area contributed by atoms with Gasteiger partial charge < -0.3 is 9.80 Å². The topological polar surface area (TPSA) is 52.7 Å². The van der Waals surface area contributed by atoms with Crippen LogP contribution in [0.1, 0.15) is 10.4 Å². The molecule has 3 heterocycles. The average Bonchev–Trinajstić information content (AvgIpc) is 3.18. The monoisotopic (exact) mass is 347 g/mol. The number of carbonyl (C=O) groups is 2. The van der Waals surface area contributed by atoms with Crippen LogP contribution >= 0.6 is 35.5 Å². The average molecular weight is 348 g/mol. The second-order valence-corrected chi connectivity index (χ2v) is 6.71. The molecular formula is C13H18ClN3O2S2. The normalized spacial score (nSPS) is 22.0. The van der Waals surface area contributed by atoms with E-state index in [1.807, 2.05) is 26.6 Å². The summed E-state index contributed by atoms with van der Waals surface area (Å²) >= 11 is 3.29. The first-order valence-corrected chi connectivity index (χ1v) is 8.77. The van der Waals surface area contributed by atoms with E-state index in [0.717, 1.165) is 17.2 Å². The molecule has 2 aliphatic heterocycles. The van der Waals surface area contributed by atoms with Crippen LogP contribution in [0.15, 0.2) is 16.8 Å². The number of piperazine rings is 1. The van der Waals surface area contributed by atoms with Crippen LogP contribution in [0.2, 0.25) is 0 Å². The third-order valence-corrected chi connectivity index (χ3v) is 5.28. The highest BCUT2D eigenvalue weighted by Crippen LogP contribution is 2.15. The van der Waals surface area contributed by atoms with Crippen molar-refractivity contribution in [3.8, 4) is 0 Å². The summed E-state index contributed by atoms with van der Waals surface area (Å²) in [5.41, 5.74) is 0.753. The molecule has 2 aliphatic rings. The zero-order valence-electron chi connectivity index (χ0n) is 11.5. The summed E-state index contributed by atoms with van der Waals surface area (Å²) in [6.07, 6.45) is 0. The summed E-state index contributed by atoms with van der Waals surface area (Å²) in [7, 11) is 0. The predicted molar refractivity (Wildman–Crippen MR) is 88.3 cm³/mol. The zero-order chi connectivity index (χ0) is 13.9. The fraction of sp³-hybridized carbons (Fsp3) is 0.538. The van der Waals surface area contributed by atoms with E-state index in [1.165, 1.54) is 11.3 Å². The van der Waals surface area contributed by atoms with Gasteiger partial charge in [-0.15, -0.1) is 24.2 Å². The van der Waals surface area contributed by atoms with Gasteiger partial charge in [-0.1, -0.05) is 0 Å². The minimum Gasteiger partial charge on any atom is -0.338 e. The van der Waals surface area contributed by atoms with Crippen LogP contribution in [0.4, 0.5) is 0 Å². The molecule has 1 aromatic heterocycles. The first-order valence-electron chi connectivity index (χ1n) is 6.67. The van der Waals surface area contributed by atoms with E-state index in [2.05, 4.69) is 5.32 Å². The van der Waals surface area contributed by atoms with Gasteiger partial charge in [0.15, 0.2) is 0 Å². The number of hydrogen-bond acceptors (Lipinski definition) is 5. The van der Waals surface area contributed by atoms with Crippen LogP contribution in [0.5, 0.6) is 0 Å². The molecule has 5 nitrogen and oxygen atoms in total. The molecular weight excluding hydrogens is 330 g/mol. The predicted octanol–water partition coefficient (Wildman–Crippen LogP) is 1.12. The molecule has 3 rings (SSSR count). The van der Waals surface area contributed by atoms with E-state index in [0.29, 0.717) is 26.2 Å². The Bertz CT molecular complexity index is 484. The molecule has 0 aliphatic carbocycles. The minimum atomic E-state index is -0.0425. The van der Waals surface area contributed by atoms with E-state index in [9.17, 15) is 9.59 Å². The number of halogens is 1. The van der Waals surface area contributed by atoms with Gasteiger partial charge in [0, 0.05) is 43.2 Å². The SMILES string of the molecule is Cl.O=C(c1ccsc1)N1CCN(C(=O)C2CSCN2)CC1. The second-order valence-electron chi connectivity index (χ2n) is 4.90. The fourth-order valence-electron chi connectivity index (χ4n) is 2.47. The van der Waals surface area contributed by atoms with Crippen molar-refractivity contribution in [2.75, 3.05) is 37.8 Å². The van der Waals surface area contributed by atoms with Gasteiger partial charge in [0.1, 0.15) is 0 Å². The number of amides is 2. The number of carbonyl (C=O) groups excluding carboxylic acids is 2. The maximum atomic E-state index is 12.3.